The molecule has 0 radical (unpaired) electrons. The molecule has 3 aliphatic heterocycles. The number of para-hydroxylation sites is 1. The van der Waals surface area contributed by atoms with Gasteiger partial charge in [-0.05, 0) is 42.9 Å². The number of likely N-dealkylation sites (tertiary alicyclic amines) is 1. The van der Waals surface area contributed by atoms with Gasteiger partial charge in [0.15, 0.2) is 0 Å². The van der Waals surface area contributed by atoms with Crippen LogP contribution in [0.4, 0.5) is 5.69 Å². The lowest BCUT2D eigenvalue weighted by Crippen LogP contribution is -2.58. The van der Waals surface area contributed by atoms with E-state index in [1.165, 1.54) is 0 Å². The zero-order valence-electron chi connectivity index (χ0n) is 25.7. The van der Waals surface area contributed by atoms with Crippen LogP contribution in [0.5, 0.6) is 0 Å². The molecule has 3 fully saturated rings. The van der Waals surface area contributed by atoms with Crippen molar-refractivity contribution in [3.8, 4) is 0 Å². The van der Waals surface area contributed by atoms with Crippen LogP contribution in [0, 0.1) is 24.7 Å². The van der Waals surface area contributed by atoms with Crippen molar-refractivity contribution in [1.29, 1.82) is 0 Å². The van der Waals surface area contributed by atoms with E-state index < -0.39 is 28.7 Å². The average molecular weight is 636 g/mol. The molecular weight excluding hydrogens is 594 g/mol. The van der Waals surface area contributed by atoms with Gasteiger partial charge in [0, 0.05) is 24.9 Å². The van der Waals surface area contributed by atoms with Gasteiger partial charge in [-0.1, -0.05) is 80.1 Å². The monoisotopic (exact) mass is 635 g/mol. The molecule has 1 N–H and O–H groups in total. The molecular formula is C35H42ClN3O4S. The Bertz CT molecular complexity index is 1420. The number of aryl methyl sites for hydroxylation is 1. The number of nitrogens with zero attached hydrogens (tertiary/aromatic N) is 3. The molecule has 234 valence electrons. The summed E-state index contributed by atoms with van der Waals surface area (Å²) in [7, 11) is 0. The third kappa shape index (κ3) is 5.09. The molecule has 3 heterocycles. The van der Waals surface area contributed by atoms with Gasteiger partial charge in [-0.2, -0.15) is 0 Å². The number of anilines is 1. The van der Waals surface area contributed by atoms with Gasteiger partial charge in [-0.15, -0.1) is 24.9 Å². The number of amides is 3. The Morgan fingerprint density at radius 2 is 1.84 bits per heavy atom. The SMILES string of the molecule is C=CCN(CCC)C(=O)[C@@H]1[C@@H]2CC(C)C3(S2)C(C(=O)N(CC=C)c2c(C)cccc2Cl)N([C@H](CO)c2ccccc2)C(=O)[C@H]13. The van der Waals surface area contributed by atoms with E-state index in [1.807, 2.05) is 56.3 Å². The van der Waals surface area contributed by atoms with E-state index in [1.54, 1.807) is 44.7 Å². The molecule has 5 rings (SSSR count). The summed E-state index contributed by atoms with van der Waals surface area (Å²) in [6, 6.07) is 13.1. The zero-order valence-corrected chi connectivity index (χ0v) is 27.3. The Hall–Kier alpha value is -3.07. The van der Waals surface area contributed by atoms with Crippen LogP contribution in [-0.4, -0.2) is 74.9 Å². The van der Waals surface area contributed by atoms with E-state index in [4.69, 9.17) is 11.6 Å². The predicted molar refractivity (Wildman–Crippen MR) is 178 cm³/mol. The van der Waals surface area contributed by atoms with E-state index in [9.17, 15) is 14.7 Å². The van der Waals surface area contributed by atoms with Crippen molar-refractivity contribution in [2.45, 2.75) is 55.7 Å². The Balaban J connectivity index is 1.69. The molecule has 3 unspecified atom stereocenters. The maximum Gasteiger partial charge on any atom is 0.251 e. The molecule has 7 atom stereocenters. The highest BCUT2D eigenvalue weighted by atomic mass is 35.5. The van der Waals surface area contributed by atoms with E-state index in [-0.39, 0.29) is 42.0 Å². The molecule has 2 bridgehead atoms. The number of halogens is 1. The summed E-state index contributed by atoms with van der Waals surface area (Å²) in [5, 5.41) is 11.2. The summed E-state index contributed by atoms with van der Waals surface area (Å²) < 4.78 is -0.859. The smallest absolute Gasteiger partial charge is 0.251 e. The first-order valence-electron chi connectivity index (χ1n) is 15.4. The fourth-order valence-corrected chi connectivity index (χ4v) is 10.6. The lowest BCUT2D eigenvalue weighted by atomic mass is 9.65. The summed E-state index contributed by atoms with van der Waals surface area (Å²) in [4.78, 5) is 49.4. The minimum atomic E-state index is -0.935. The predicted octanol–water partition coefficient (Wildman–Crippen LogP) is 5.66. The van der Waals surface area contributed by atoms with Crippen LogP contribution in [0.1, 0.15) is 43.9 Å². The number of aliphatic hydroxyl groups excluding tert-OH is 1. The Kier molecular flexibility index (Phi) is 9.64. The summed E-state index contributed by atoms with van der Waals surface area (Å²) in [5.74, 6) is -1.90. The van der Waals surface area contributed by atoms with Gasteiger partial charge in [0.05, 0.1) is 39.9 Å². The summed E-state index contributed by atoms with van der Waals surface area (Å²) in [6.45, 7) is 14.6. The maximum absolute atomic E-state index is 15.2. The highest BCUT2D eigenvalue weighted by Crippen LogP contribution is 2.69. The van der Waals surface area contributed by atoms with Crippen molar-refractivity contribution in [3.63, 3.8) is 0 Å². The quantitative estimate of drug-likeness (QED) is 0.304. The summed E-state index contributed by atoms with van der Waals surface area (Å²) in [5.41, 5.74) is 2.13. The largest absolute Gasteiger partial charge is 0.394 e. The molecule has 1 spiro atoms. The van der Waals surface area contributed by atoms with Gasteiger partial charge in [-0.3, -0.25) is 14.4 Å². The van der Waals surface area contributed by atoms with Gasteiger partial charge >= 0.3 is 0 Å². The summed E-state index contributed by atoms with van der Waals surface area (Å²) in [6.07, 6.45) is 4.88. The van der Waals surface area contributed by atoms with E-state index in [2.05, 4.69) is 20.1 Å². The Morgan fingerprint density at radius 3 is 2.45 bits per heavy atom. The number of benzene rings is 2. The van der Waals surface area contributed by atoms with Crippen molar-refractivity contribution in [2.24, 2.45) is 17.8 Å². The molecule has 0 aliphatic carbocycles. The van der Waals surface area contributed by atoms with Gasteiger partial charge in [0.1, 0.15) is 6.04 Å². The van der Waals surface area contributed by atoms with E-state index >= 15 is 4.79 Å². The molecule has 44 heavy (non-hydrogen) atoms. The third-order valence-electron chi connectivity index (χ3n) is 9.59. The van der Waals surface area contributed by atoms with Crippen molar-refractivity contribution in [1.82, 2.24) is 9.80 Å². The first-order valence-corrected chi connectivity index (χ1v) is 16.7. The first-order chi connectivity index (χ1) is 21.2. The topological polar surface area (TPSA) is 81.2 Å². The molecule has 9 heteroatoms. The van der Waals surface area contributed by atoms with Crippen LogP contribution in [-0.2, 0) is 14.4 Å². The van der Waals surface area contributed by atoms with Crippen molar-refractivity contribution < 1.29 is 19.5 Å². The number of rotatable bonds is 12. The molecule has 3 saturated heterocycles. The Labute approximate surface area is 269 Å². The molecule has 3 amide bonds. The second-order valence-electron chi connectivity index (χ2n) is 12.1. The second-order valence-corrected chi connectivity index (χ2v) is 14.1. The molecule has 3 aliphatic rings. The number of carbonyl (C=O) groups excluding carboxylic acids is 3. The highest BCUT2D eigenvalue weighted by molar-refractivity contribution is 8.02. The fourth-order valence-electron chi connectivity index (χ4n) is 7.85. The number of carbonyl (C=O) groups is 3. The molecule has 7 nitrogen and oxygen atoms in total. The van der Waals surface area contributed by atoms with Crippen LogP contribution in [0.25, 0.3) is 0 Å². The zero-order chi connectivity index (χ0) is 31.8. The van der Waals surface area contributed by atoms with Crippen molar-refractivity contribution in [3.05, 3.63) is 90.0 Å². The van der Waals surface area contributed by atoms with Crippen LogP contribution < -0.4 is 4.90 Å². The van der Waals surface area contributed by atoms with E-state index in [0.29, 0.717) is 23.8 Å². The lowest BCUT2D eigenvalue weighted by Gasteiger charge is -2.42. The number of hydrogen-bond donors (Lipinski definition) is 1. The minimum absolute atomic E-state index is 0.0264. The standard InChI is InChI=1S/C35H42ClN3O4S/c1-6-17-37(18-7-2)32(41)28-27-20-23(5)35(44-27)29(28)33(42)39(26(21-40)24-14-10-9-11-15-24)31(35)34(43)38(19-8-3)30-22(4)13-12-16-25(30)36/h6,8-16,23,26-29,31,40H,1,3,7,17-21H2,2,4-5H3/t23?,26-,27+,28-,29+,31?,35?/m1/s1. The highest BCUT2D eigenvalue weighted by Gasteiger charge is 2.77. The normalized spacial score (nSPS) is 27.6. The van der Waals surface area contributed by atoms with Crippen LogP contribution >= 0.6 is 23.4 Å². The number of thioether (sulfide) groups is 1. The second kappa shape index (κ2) is 13.1. The number of fused-ring (bicyclic) bond motifs is 1. The van der Waals surface area contributed by atoms with Crippen molar-refractivity contribution in [2.75, 3.05) is 31.1 Å². The van der Waals surface area contributed by atoms with Crippen LogP contribution in [0.2, 0.25) is 5.02 Å². The molecule has 2 aromatic carbocycles. The molecule has 2 aromatic rings. The number of aliphatic hydroxyl groups is 1. The number of hydrogen-bond acceptors (Lipinski definition) is 5. The summed E-state index contributed by atoms with van der Waals surface area (Å²) >= 11 is 8.36. The van der Waals surface area contributed by atoms with Gasteiger partial charge in [0.2, 0.25) is 11.8 Å². The first kappa shape index (κ1) is 32.3. The molecule has 0 aromatic heterocycles. The van der Waals surface area contributed by atoms with Gasteiger partial charge in [-0.25, -0.2) is 0 Å². The Morgan fingerprint density at radius 1 is 1.14 bits per heavy atom. The fraction of sp³-hybridized carbons (Fsp3) is 0.457. The van der Waals surface area contributed by atoms with E-state index in [0.717, 1.165) is 24.0 Å². The molecule has 0 saturated carbocycles. The average Bonchev–Trinajstić information content (AvgIpc) is 3.60. The van der Waals surface area contributed by atoms with Crippen LogP contribution in [0.15, 0.2) is 73.8 Å². The maximum atomic E-state index is 15.2. The van der Waals surface area contributed by atoms with Crippen LogP contribution in [0.3, 0.4) is 0 Å². The van der Waals surface area contributed by atoms with Gasteiger partial charge < -0.3 is 19.8 Å². The third-order valence-corrected chi connectivity index (χ3v) is 12.0. The lowest BCUT2D eigenvalue weighted by molar-refractivity contribution is -0.145. The van der Waals surface area contributed by atoms with Crippen molar-refractivity contribution >= 4 is 46.8 Å². The minimum Gasteiger partial charge on any atom is -0.394 e. The van der Waals surface area contributed by atoms with Gasteiger partial charge in [0.25, 0.3) is 5.91 Å².